The molecule has 0 heterocycles. The van der Waals surface area contributed by atoms with E-state index in [1.54, 1.807) is 0 Å². The van der Waals surface area contributed by atoms with Crippen LogP contribution in [0.2, 0.25) is 0 Å². The maximum absolute atomic E-state index is 9.55. The van der Waals surface area contributed by atoms with Gasteiger partial charge in [-0.3, -0.25) is 0 Å². The van der Waals surface area contributed by atoms with Crippen molar-refractivity contribution in [2.24, 2.45) is 5.73 Å². The third-order valence-electron chi connectivity index (χ3n) is 0.625. The maximum Gasteiger partial charge on any atom is 0.328 e. The van der Waals surface area contributed by atoms with Crippen molar-refractivity contribution in [3.8, 4) is 6.07 Å². The first-order valence-electron chi connectivity index (χ1n) is 3.25. The number of nitrogens with zero attached hydrogens (tertiary/aromatic N) is 1. The number of nitriles is 1. The lowest BCUT2D eigenvalue weighted by Crippen LogP contribution is -1.94. The van der Waals surface area contributed by atoms with E-state index in [-0.39, 0.29) is 0 Å². The first-order valence-corrected chi connectivity index (χ1v) is 3.25. The van der Waals surface area contributed by atoms with Gasteiger partial charge in [-0.15, -0.1) is 0 Å². The van der Waals surface area contributed by atoms with Gasteiger partial charge in [0.1, 0.15) is 0 Å². The summed E-state index contributed by atoms with van der Waals surface area (Å²) in [5, 5.41) is 23.4. The van der Waals surface area contributed by atoms with Crippen molar-refractivity contribution < 1.29 is 19.8 Å². The molecule has 6 nitrogen and oxygen atoms in total. The van der Waals surface area contributed by atoms with Crippen molar-refractivity contribution in [2.75, 3.05) is 6.54 Å². The second-order valence-electron chi connectivity index (χ2n) is 1.71. The van der Waals surface area contributed by atoms with E-state index in [4.69, 9.17) is 21.2 Å². The Kier molecular flexibility index (Phi) is 10.7. The Morgan fingerprint density at radius 2 is 1.69 bits per heavy atom. The Hall–Kier alpha value is -1.87. The fourth-order valence-electron chi connectivity index (χ4n) is 0.207. The molecule has 0 aliphatic heterocycles. The summed E-state index contributed by atoms with van der Waals surface area (Å²) in [6.45, 7) is 0.483. The van der Waals surface area contributed by atoms with Crippen LogP contribution in [0.4, 0.5) is 0 Å². The van der Waals surface area contributed by atoms with E-state index in [0.29, 0.717) is 25.1 Å². The molecule has 0 saturated carbocycles. The van der Waals surface area contributed by atoms with E-state index in [1.165, 1.54) is 0 Å². The van der Waals surface area contributed by atoms with Crippen LogP contribution in [-0.2, 0) is 9.59 Å². The Balaban J connectivity index is 0. The molecule has 6 heteroatoms. The van der Waals surface area contributed by atoms with Crippen molar-refractivity contribution in [3.05, 3.63) is 12.2 Å². The lowest BCUT2D eigenvalue weighted by atomic mass is 10.5. The maximum atomic E-state index is 9.55. The molecule has 72 valence electrons. The lowest BCUT2D eigenvalue weighted by Gasteiger charge is -1.74. The number of hydrogen-bond acceptors (Lipinski definition) is 4. The molecule has 0 aliphatic rings. The molecule has 4 N–H and O–H groups in total. The van der Waals surface area contributed by atoms with Gasteiger partial charge >= 0.3 is 11.9 Å². The molecule has 0 aromatic heterocycles. The molecule has 0 aromatic rings. The summed E-state index contributed by atoms with van der Waals surface area (Å²) in [6, 6.07) is 1.89. The third-order valence-corrected chi connectivity index (χ3v) is 0.625. The molecule has 0 atom stereocenters. The Labute approximate surface area is 74.9 Å². The average molecular weight is 186 g/mol. The highest BCUT2D eigenvalue weighted by Crippen LogP contribution is 1.70. The predicted molar refractivity (Wildman–Crippen MR) is 43.7 cm³/mol. The van der Waals surface area contributed by atoms with Crippen LogP contribution in [0.15, 0.2) is 12.2 Å². The fourth-order valence-corrected chi connectivity index (χ4v) is 0.207. The summed E-state index contributed by atoms with van der Waals surface area (Å²) >= 11 is 0. The summed E-state index contributed by atoms with van der Waals surface area (Å²) in [5.41, 5.74) is 4.92. The topological polar surface area (TPSA) is 124 Å². The number of rotatable bonds is 3. The van der Waals surface area contributed by atoms with Gasteiger partial charge in [-0.1, -0.05) is 0 Å². The zero-order valence-corrected chi connectivity index (χ0v) is 6.80. The molecule has 13 heavy (non-hydrogen) atoms. The second kappa shape index (κ2) is 10.1. The van der Waals surface area contributed by atoms with Gasteiger partial charge in [-0.25, -0.2) is 9.59 Å². The molecular formula is C7H10N2O4. The van der Waals surface area contributed by atoms with E-state index in [9.17, 15) is 9.59 Å². The standard InChI is InChI=1S/C4H4O4.C3H6N2/c5-3(6)1-2-4(7)8;4-2-1-3-5/h1-2H,(H,5,6)(H,7,8);1-2,4H2/b2-1-;. The number of hydrogen-bond donors (Lipinski definition) is 3. The van der Waals surface area contributed by atoms with Crippen molar-refractivity contribution in [1.82, 2.24) is 0 Å². The largest absolute Gasteiger partial charge is 0.478 e. The highest BCUT2D eigenvalue weighted by atomic mass is 16.4. The van der Waals surface area contributed by atoms with E-state index >= 15 is 0 Å². The number of carbonyl (C=O) groups is 2. The van der Waals surface area contributed by atoms with Gasteiger partial charge in [-0.2, -0.15) is 5.26 Å². The molecule has 0 saturated heterocycles. The van der Waals surface area contributed by atoms with Crippen LogP contribution in [0.5, 0.6) is 0 Å². The summed E-state index contributed by atoms with van der Waals surface area (Å²) in [5.74, 6) is -2.51. The van der Waals surface area contributed by atoms with E-state index < -0.39 is 11.9 Å². The molecule has 0 radical (unpaired) electrons. The molecule has 0 rings (SSSR count). The summed E-state index contributed by atoms with van der Waals surface area (Å²) in [6.07, 6.45) is 1.59. The van der Waals surface area contributed by atoms with Crippen LogP contribution < -0.4 is 5.73 Å². The normalized spacial score (nSPS) is 8.31. The molecule has 0 aromatic carbocycles. The monoisotopic (exact) mass is 186 g/mol. The van der Waals surface area contributed by atoms with Gasteiger partial charge < -0.3 is 15.9 Å². The van der Waals surface area contributed by atoms with Crippen LogP contribution >= 0.6 is 0 Å². The summed E-state index contributed by atoms with van der Waals surface area (Å²) < 4.78 is 0. The minimum Gasteiger partial charge on any atom is -0.478 e. The highest BCUT2D eigenvalue weighted by molar-refractivity contribution is 5.89. The van der Waals surface area contributed by atoms with Gasteiger partial charge in [-0.05, 0) is 0 Å². The number of aliphatic carboxylic acids is 2. The molecular weight excluding hydrogens is 176 g/mol. The number of nitrogens with two attached hydrogens (primary N) is 1. The summed E-state index contributed by atoms with van der Waals surface area (Å²) in [7, 11) is 0. The Morgan fingerprint density at radius 3 is 1.77 bits per heavy atom. The summed E-state index contributed by atoms with van der Waals surface area (Å²) in [4.78, 5) is 19.1. The lowest BCUT2D eigenvalue weighted by molar-refractivity contribution is -0.134. The van der Waals surface area contributed by atoms with Crippen LogP contribution in [-0.4, -0.2) is 28.7 Å². The van der Waals surface area contributed by atoms with Crippen LogP contribution in [0.1, 0.15) is 6.42 Å². The molecule has 0 unspecified atom stereocenters. The SMILES string of the molecule is N#CCCN.O=C(O)/C=C\C(=O)O. The highest BCUT2D eigenvalue weighted by Gasteiger charge is 1.88. The van der Waals surface area contributed by atoms with Crippen molar-refractivity contribution in [1.29, 1.82) is 5.26 Å². The molecule has 0 amide bonds. The molecule has 0 bridgehead atoms. The van der Waals surface area contributed by atoms with Crippen molar-refractivity contribution >= 4 is 11.9 Å². The first-order chi connectivity index (χ1) is 6.04. The smallest absolute Gasteiger partial charge is 0.328 e. The van der Waals surface area contributed by atoms with E-state index in [0.717, 1.165) is 0 Å². The van der Waals surface area contributed by atoms with Crippen LogP contribution in [0, 0.1) is 11.3 Å². The zero-order valence-electron chi connectivity index (χ0n) is 6.80. The molecule has 0 spiro atoms. The van der Waals surface area contributed by atoms with Gasteiger partial charge in [0, 0.05) is 25.1 Å². The minimum atomic E-state index is -1.26. The Bertz CT molecular complexity index is 213. The minimum absolute atomic E-state index is 0.472. The molecule has 0 fully saturated rings. The van der Waals surface area contributed by atoms with E-state index in [2.05, 4.69) is 0 Å². The number of carboxylic acids is 2. The fraction of sp³-hybridized carbons (Fsp3) is 0.286. The van der Waals surface area contributed by atoms with E-state index in [1.807, 2.05) is 6.07 Å². The average Bonchev–Trinajstić information content (AvgIpc) is 2.03. The van der Waals surface area contributed by atoms with Gasteiger partial charge in [0.15, 0.2) is 0 Å². The number of carboxylic acid groups (broad SMARTS) is 2. The van der Waals surface area contributed by atoms with Crippen LogP contribution in [0.3, 0.4) is 0 Å². The van der Waals surface area contributed by atoms with Gasteiger partial charge in [0.05, 0.1) is 6.07 Å². The van der Waals surface area contributed by atoms with Crippen LogP contribution in [0.25, 0.3) is 0 Å². The second-order valence-corrected chi connectivity index (χ2v) is 1.71. The molecule has 0 aliphatic carbocycles. The predicted octanol–water partition coefficient (Wildman–Crippen LogP) is -0.429. The van der Waals surface area contributed by atoms with Gasteiger partial charge in [0.25, 0.3) is 0 Å². The quantitative estimate of drug-likeness (QED) is 0.513. The Morgan fingerprint density at radius 1 is 1.31 bits per heavy atom. The van der Waals surface area contributed by atoms with Crippen molar-refractivity contribution in [3.63, 3.8) is 0 Å². The van der Waals surface area contributed by atoms with Gasteiger partial charge in [0.2, 0.25) is 0 Å². The van der Waals surface area contributed by atoms with Crippen molar-refractivity contribution in [2.45, 2.75) is 6.42 Å². The third kappa shape index (κ3) is 25.4. The first kappa shape index (κ1) is 13.7. The zero-order chi connectivity index (χ0) is 10.7.